The highest BCUT2D eigenvalue weighted by Gasteiger charge is 2.16. The molecule has 0 bridgehead atoms. The van der Waals surface area contributed by atoms with Crippen molar-refractivity contribution < 1.29 is 9.47 Å². The minimum Gasteiger partial charge on any atom is -0.488 e. The molecule has 4 rings (SSSR count). The molecule has 2 aromatic carbocycles. The van der Waals surface area contributed by atoms with Gasteiger partial charge in [-0.25, -0.2) is 4.98 Å². The maximum atomic E-state index is 6.18. The summed E-state index contributed by atoms with van der Waals surface area (Å²) in [7, 11) is 1.67. The summed E-state index contributed by atoms with van der Waals surface area (Å²) in [6.45, 7) is 0.923. The predicted molar refractivity (Wildman–Crippen MR) is 111 cm³/mol. The van der Waals surface area contributed by atoms with Gasteiger partial charge in [0.05, 0.1) is 23.8 Å². The number of pyridine rings is 1. The average Bonchev–Trinajstić information content (AvgIpc) is 3.09. The van der Waals surface area contributed by atoms with Crippen molar-refractivity contribution in [3.63, 3.8) is 0 Å². The maximum absolute atomic E-state index is 6.18. The quantitative estimate of drug-likeness (QED) is 0.454. The van der Waals surface area contributed by atoms with Crippen LogP contribution in [0.2, 0.25) is 0 Å². The lowest BCUT2D eigenvalue weighted by atomic mass is 10.1. The van der Waals surface area contributed by atoms with Crippen molar-refractivity contribution in [2.45, 2.75) is 13.2 Å². The SMILES string of the molecule is COCc1c(C#CBr)ncc2[nH]c3cccc(OCc4ccccc4)c3c12. The second-order valence-corrected chi connectivity index (χ2v) is 6.50. The molecule has 0 aliphatic rings. The third-order valence-corrected chi connectivity index (χ3v) is 4.62. The summed E-state index contributed by atoms with van der Waals surface area (Å²) in [6, 6.07) is 16.2. The van der Waals surface area contributed by atoms with Gasteiger partial charge in [-0.1, -0.05) is 36.4 Å². The summed E-state index contributed by atoms with van der Waals surface area (Å²) >= 11 is 3.17. The molecule has 0 radical (unpaired) electrons. The number of benzene rings is 2. The Morgan fingerprint density at radius 2 is 1.85 bits per heavy atom. The van der Waals surface area contributed by atoms with Crippen LogP contribution in [0.25, 0.3) is 21.8 Å². The molecule has 27 heavy (non-hydrogen) atoms. The number of nitrogens with one attached hydrogen (secondary N) is 1. The summed E-state index contributed by atoms with van der Waals surface area (Å²) in [5, 5.41) is 2.06. The molecule has 0 aliphatic carbocycles. The molecule has 5 heteroatoms. The largest absolute Gasteiger partial charge is 0.488 e. The molecular formula is C22H17BrN2O2. The maximum Gasteiger partial charge on any atom is 0.129 e. The number of rotatable bonds is 5. The van der Waals surface area contributed by atoms with E-state index in [9.17, 15) is 0 Å². The van der Waals surface area contributed by atoms with Gasteiger partial charge in [-0.05, 0) is 28.4 Å². The van der Waals surface area contributed by atoms with Crippen molar-refractivity contribution in [2.24, 2.45) is 0 Å². The standard InChI is InChI=1S/C22H17BrN2O2/c1-26-14-16-17(10-11-23)24-12-19-21(16)22-18(25-19)8-5-9-20(22)27-13-15-6-3-2-4-7-15/h2-9,12,25H,13-14H2,1H3. The number of nitrogens with zero attached hydrogens (tertiary/aromatic N) is 1. The van der Waals surface area contributed by atoms with Crippen molar-refractivity contribution in [2.75, 3.05) is 7.11 Å². The van der Waals surface area contributed by atoms with E-state index in [0.29, 0.717) is 18.9 Å². The lowest BCUT2D eigenvalue weighted by Crippen LogP contribution is -1.98. The smallest absolute Gasteiger partial charge is 0.129 e. The van der Waals surface area contributed by atoms with Gasteiger partial charge in [-0.15, -0.1) is 0 Å². The number of ether oxygens (including phenoxy) is 2. The lowest BCUT2D eigenvalue weighted by molar-refractivity contribution is 0.185. The van der Waals surface area contributed by atoms with Crippen LogP contribution in [0.5, 0.6) is 5.75 Å². The van der Waals surface area contributed by atoms with Crippen LogP contribution in [0, 0.1) is 10.8 Å². The van der Waals surface area contributed by atoms with Crippen LogP contribution in [0.15, 0.2) is 54.7 Å². The van der Waals surface area contributed by atoms with Crippen LogP contribution in [-0.4, -0.2) is 17.1 Å². The molecule has 0 spiro atoms. The van der Waals surface area contributed by atoms with E-state index in [4.69, 9.17) is 9.47 Å². The zero-order valence-electron chi connectivity index (χ0n) is 14.8. The normalized spacial score (nSPS) is 10.7. The number of hydrogen-bond donors (Lipinski definition) is 1. The molecule has 4 aromatic rings. The van der Waals surface area contributed by atoms with Crippen LogP contribution in [-0.2, 0) is 18.0 Å². The minimum atomic E-state index is 0.418. The highest BCUT2D eigenvalue weighted by molar-refractivity contribution is 9.12. The Morgan fingerprint density at radius 1 is 1.00 bits per heavy atom. The van der Waals surface area contributed by atoms with Gasteiger partial charge in [0.15, 0.2) is 0 Å². The molecule has 0 atom stereocenters. The first-order valence-electron chi connectivity index (χ1n) is 8.51. The van der Waals surface area contributed by atoms with E-state index < -0.39 is 0 Å². The van der Waals surface area contributed by atoms with Crippen molar-refractivity contribution in [1.29, 1.82) is 0 Å². The van der Waals surface area contributed by atoms with E-state index >= 15 is 0 Å². The Labute approximate surface area is 165 Å². The third kappa shape index (κ3) is 3.42. The van der Waals surface area contributed by atoms with Gasteiger partial charge in [0.1, 0.15) is 18.1 Å². The van der Waals surface area contributed by atoms with Crippen molar-refractivity contribution in [3.05, 3.63) is 71.5 Å². The number of hydrogen-bond acceptors (Lipinski definition) is 3. The van der Waals surface area contributed by atoms with Gasteiger partial charge in [0.25, 0.3) is 0 Å². The summed E-state index contributed by atoms with van der Waals surface area (Å²) in [4.78, 5) is 10.7. The van der Waals surface area contributed by atoms with E-state index in [1.54, 1.807) is 7.11 Å². The average molecular weight is 421 g/mol. The zero-order chi connectivity index (χ0) is 18.6. The van der Waals surface area contributed by atoms with E-state index in [-0.39, 0.29) is 0 Å². The Kier molecular flexibility index (Phi) is 5.10. The number of fused-ring (bicyclic) bond motifs is 3. The molecule has 0 amide bonds. The second kappa shape index (κ2) is 7.83. The Balaban J connectivity index is 1.89. The van der Waals surface area contributed by atoms with E-state index in [2.05, 4.69) is 48.8 Å². The summed E-state index contributed by atoms with van der Waals surface area (Å²) < 4.78 is 11.6. The lowest BCUT2D eigenvalue weighted by Gasteiger charge is -2.10. The molecule has 2 heterocycles. The third-order valence-electron chi connectivity index (χ3n) is 4.42. The van der Waals surface area contributed by atoms with Gasteiger partial charge >= 0.3 is 0 Å². The number of aromatic nitrogens is 2. The van der Waals surface area contributed by atoms with Crippen LogP contribution < -0.4 is 4.74 Å². The minimum absolute atomic E-state index is 0.418. The Hall–Kier alpha value is -2.81. The molecule has 4 nitrogen and oxygen atoms in total. The second-order valence-electron chi connectivity index (χ2n) is 6.10. The molecule has 134 valence electrons. The Bertz CT molecular complexity index is 1160. The van der Waals surface area contributed by atoms with E-state index in [1.165, 1.54) is 0 Å². The molecule has 0 saturated carbocycles. The number of halogens is 1. The fourth-order valence-electron chi connectivity index (χ4n) is 3.26. The van der Waals surface area contributed by atoms with E-state index in [0.717, 1.165) is 38.7 Å². The van der Waals surface area contributed by atoms with Crippen molar-refractivity contribution in [1.82, 2.24) is 9.97 Å². The van der Waals surface area contributed by atoms with Crippen LogP contribution in [0.3, 0.4) is 0 Å². The molecule has 0 unspecified atom stereocenters. The summed E-state index contributed by atoms with van der Waals surface area (Å²) in [5.74, 6) is 3.83. The Morgan fingerprint density at radius 3 is 2.63 bits per heavy atom. The summed E-state index contributed by atoms with van der Waals surface area (Å²) in [5.41, 5.74) is 4.70. The molecule has 0 saturated heterocycles. The molecular weight excluding hydrogens is 404 g/mol. The summed E-state index contributed by atoms with van der Waals surface area (Å²) in [6.07, 6.45) is 1.81. The zero-order valence-corrected chi connectivity index (χ0v) is 16.3. The predicted octanol–water partition coefficient (Wildman–Crippen LogP) is 5.15. The van der Waals surface area contributed by atoms with Crippen molar-refractivity contribution in [3.8, 4) is 16.5 Å². The van der Waals surface area contributed by atoms with Crippen LogP contribution in [0.4, 0.5) is 0 Å². The molecule has 2 aromatic heterocycles. The number of H-pyrrole nitrogens is 1. The van der Waals surface area contributed by atoms with Crippen LogP contribution >= 0.6 is 15.9 Å². The van der Waals surface area contributed by atoms with Gasteiger partial charge in [-0.2, -0.15) is 0 Å². The number of methoxy groups -OCH3 is 1. The van der Waals surface area contributed by atoms with Crippen molar-refractivity contribution >= 4 is 37.7 Å². The van der Waals surface area contributed by atoms with E-state index in [1.807, 2.05) is 42.6 Å². The molecule has 1 N–H and O–H groups in total. The van der Waals surface area contributed by atoms with Crippen LogP contribution in [0.1, 0.15) is 16.8 Å². The molecule has 0 aliphatic heterocycles. The number of aromatic amines is 1. The fraction of sp³-hybridized carbons (Fsp3) is 0.136. The topological polar surface area (TPSA) is 47.1 Å². The highest BCUT2D eigenvalue weighted by atomic mass is 79.9. The van der Waals surface area contributed by atoms with Gasteiger partial charge < -0.3 is 14.5 Å². The van der Waals surface area contributed by atoms with Gasteiger partial charge in [0.2, 0.25) is 0 Å². The molecule has 0 fully saturated rings. The first-order chi connectivity index (χ1) is 13.3. The first kappa shape index (κ1) is 17.6. The monoisotopic (exact) mass is 420 g/mol. The highest BCUT2D eigenvalue weighted by Crippen LogP contribution is 2.36. The first-order valence-corrected chi connectivity index (χ1v) is 9.30. The van der Waals surface area contributed by atoms with Gasteiger partial charge in [0, 0.05) is 39.4 Å². The van der Waals surface area contributed by atoms with Gasteiger partial charge in [-0.3, -0.25) is 0 Å². The fourth-order valence-corrected chi connectivity index (χ4v) is 3.45.